The standard InChI is InChI=1S/C48H30N6S/c1-4-12-33(13-5-1)45-50-41(29-42(51-45)37-18-11-27-49-30-37)32-23-21-31(22-24-32)38-19-10-20-40-39-26-25-36(28-43(39)55-44(38)40)48-53-46(34-14-6-2-7-15-34)52-47(54-48)35-16-8-3-9-17-35/h1-30H. The van der Waals surface area contributed by atoms with E-state index in [-0.39, 0.29) is 0 Å². The van der Waals surface area contributed by atoms with E-state index in [1.807, 2.05) is 115 Å². The largest absolute Gasteiger partial charge is 0.264 e. The van der Waals surface area contributed by atoms with Gasteiger partial charge in [0, 0.05) is 65.9 Å². The summed E-state index contributed by atoms with van der Waals surface area (Å²) in [6, 6.07) is 58.0. The zero-order valence-electron chi connectivity index (χ0n) is 29.4. The van der Waals surface area contributed by atoms with Gasteiger partial charge >= 0.3 is 0 Å². The van der Waals surface area contributed by atoms with Crippen LogP contribution in [0.25, 0.3) is 99.4 Å². The lowest BCUT2D eigenvalue weighted by Crippen LogP contribution is -1.99. The fraction of sp³-hybridized carbons (Fsp3) is 0. The van der Waals surface area contributed by atoms with Crippen LogP contribution >= 0.6 is 11.3 Å². The first-order valence-corrected chi connectivity index (χ1v) is 18.8. The molecule has 0 spiro atoms. The number of nitrogens with zero attached hydrogens (tertiary/aromatic N) is 6. The van der Waals surface area contributed by atoms with Crippen molar-refractivity contribution in [2.24, 2.45) is 0 Å². The molecule has 7 heteroatoms. The fourth-order valence-corrected chi connectivity index (χ4v) is 8.17. The number of benzene rings is 6. The monoisotopic (exact) mass is 722 g/mol. The van der Waals surface area contributed by atoms with Crippen LogP contribution in [0.5, 0.6) is 0 Å². The van der Waals surface area contributed by atoms with Gasteiger partial charge in [-0.25, -0.2) is 24.9 Å². The lowest BCUT2D eigenvalue weighted by Gasteiger charge is -2.10. The summed E-state index contributed by atoms with van der Waals surface area (Å²) in [5, 5.41) is 2.43. The Bertz CT molecular complexity index is 2840. The molecule has 6 aromatic carbocycles. The van der Waals surface area contributed by atoms with E-state index in [0.29, 0.717) is 23.3 Å². The molecule has 0 atom stereocenters. The van der Waals surface area contributed by atoms with E-state index < -0.39 is 0 Å². The zero-order valence-corrected chi connectivity index (χ0v) is 30.2. The molecule has 0 radical (unpaired) electrons. The van der Waals surface area contributed by atoms with Crippen LogP contribution in [-0.4, -0.2) is 29.9 Å². The van der Waals surface area contributed by atoms with E-state index in [1.165, 1.54) is 25.7 Å². The average molecular weight is 723 g/mol. The second-order valence-electron chi connectivity index (χ2n) is 13.2. The molecule has 10 aromatic rings. The summed E-state index contributed by atoms with van der Waals surface area (Å²) >= 11 is 1.80. The summed E-state index contributed by atoms with van der Waals surface area (Å²) in [5.41, 5.74) is 9.81. The Morgan fingerprint density at radius 1 is 0.345 bits per heavy atom. The maximum absolute atomic E-state index is 5.02. The summed E-state index contributed by atoms with van der Waals surface area (Å²) in [6.45, 7) is 0. The number of fused-ring (bicyclic) bond motifs is 3. The summed E-state index contributed by atoms with van der Waals surface area (Å²) in [7, 11) is 0. The molecule has 0 N–H and O–H groups in total. The summed E-state index contributed by atoms with van der Waals surface area (Å²) < 4.78 is 2.41. The zero-order chi connectivity index (χ0) is 36.6. The highest BCUT2D eigenvalue weighted by molar-refractivity contribution is 7.26. The first kappa shape index (κ1) is 32.4. The van der Waals surface area contributed by atoms with Gasteiger partial charge in [0.25, 0.3) is 0 Å². The Balaban J connectivity index is 1.03. The van der Waals surface area contributed by atoms with E-state index in [2.05, 4.69) is 65.6 Å². The molecule has 6 nitrogen and oxygen atoms in total. The highest BCUT2D eigenvalue weighted by Gasteiger charge is 2.16. The molecular formula is C48H30N6S. The molecule has 0 saturated carbocycles. The van der Waals surface area contributed by atoms with Gasteiger partial charge in [-0.3, -0.25) is 4.98 Å². The van der Waals surface area contributed by atoms with Crippen LogP contribution in [0.4, 0.5) is 0 Å². The van der Waals surface area contributed by atoms with Crippen molar-refractivity contribution in [3.63, 3.8) is 0 Å². The van der Waals surface area contributed by atoms with Gasteiger partial charge in [-0.2, -0.15) is 0 Å². The molecule has 55 heavy (non-hydrogen) atoms. The molecule has 4 heterocycles. The topological polar surface area (TPSA) is 77.3 Å². The number of rotatable bonds is 7. The molecule has 4 aromatic heterocycles. The SMILES string of the molecule is c1ccc(-c2nc(-c3ccc(-c4cccc5c4sc4cc(-c6nc(-c7ccccc7)nc(-c7ccccc7)n6)ccc45)cc3)cc(-c3cccnc3)n2)cc1. The third-order valence-electron chi connectivity index (χ3n) is 9.66. The Hall–Kier alpha value is -7.22. The third kappa shape index (κ3) is 6.33. The van der Waals surface area contributed by atoms with E-state index in [1.54, 1.807) is 17.5 Å². The van der Waals surface area contributed by atoms with Crippen LogP contribution in [0.2, 0.25) is 0 Å². The van der Waals surface area contributed by atoms with E-state index in [0.717, 1.165) is 50.3 Å². The molecule has 0 amide bonds. The van der Waals surface area contributed by atoms with Crippen LogP contribution in [-0.2, 0) is 0 Å². The van der Waals surface area contributed by atoms with Crippen molar-refractivity contribution in [2.75, 3.05) is 0 Å². The molecule has 0 aliphatic rings. The van der Waals surface area contributed by atoms with Gasteiger partial charge < -0.3 is 0 Å². The quantitative estimate of drug-likeness (QED) is 0.163. The Morgan fingerprint density at radius 3 is 1.47 bits per heavy atom. The average Bonchev–Trinajstić information content (AvgIpc) is 3.66. The van der Waals surface area contributed by atoms with Gasteiger partial charge in [0.2, 0.25) is 0 Å². The minimum Gasteiger partial charge on any atom is -0.264 e. The third-order valence-corrected chi connectivity index (χ3v) is 10.9. The van der Waals surface area contributed by atoms with E-state index in [9.17, 15) is 0 Å². The van der Waals surface area contributed by atoms with Gasteiger partial charge in [-0.05, 0) is 35.4 Å². The highest BCUT2D eigenvalue weighted by Crippen LogP contribution is 2.41. The van der Waals surface area contributed by atoms with Gasteiger partial charge in [-0.1, -0.05) is 146 Å². The lowest BCUT2D eigenvalue weighted by atomic mass is 10.00. The van der Waals surface area contributed by atoms with E-state index in [4.69, 9.17) is 24.9 Å². The van der Waals surface area contributed by atoms with Crippen molar-refractivity contribution in [2.45, 2.75) is 0 Å². The van der Waals surface area contributed by atoms with E-state index >= 15 is 0 Å². The molecule has 0 fully saturated rings. The summed E-state index contributed by atoms with van der Waals surface area (Å²) in [6.07, 6.45) is 3.61. The van der Waals surface area contributed by atoms with Crippen molar-refractivity contribution in [1.29, 1.82) is 0 Å². The second kappa shape index (κ2) is 14.0. The normalized spacial score (nSPS) is 11.3. The molecule has 0 bridgehead atoms. The number of hydrogen-bond donors (Lipinski definition) is 0. The van der Waals surface area contributed by atoms with Gasteiger partial charge in [0.05, 0.1) is 11.4 Å². The van der Waals surface area contributed by atoms with Gasteiger partial charge in [0.1, 0.15) is 0 Å². The lowest BCUT2D eigenvalue weighted by molar-refractivity contribution is 1.07. The highest BCUT2D eigenvalue weighted by atomic mass is 32.1. The number of hydrogen-bond acceptors (Lipinski definition) is 7. The predicted molar refractivity (Wildman–Crippen MR) is 224 cm³/mol. The minimum atomic E-state index is 0.648. The molecule has 0 unspecified atom stereocenters. The smallest absolute Gasteiger partial charge is 0.164 e. The minimum absolute atomic E-state index is 0.648. The van der Waals surface area contributed by atoms with Gasteiger partial charge in [0.15, 0.2) is 23.3 Å². The first-order chi connectivity index (χ1) is 27.2. The number of thiophene rings is 1. The number of pyridine rings is 1. The molecule has 0 aliphatic carbocycles. The Morgan fingerprint density at radius 2 is 0.873 bits per heavy atom. The fourth-order valence-electron chi connectivity index (χ4n) is 6.90. The van der Waals surface area contributed by atoms with Crippen LogP contribution < -0.4 is 0 Å². The maximum Gasteiger partial charge on any atom is 0.164 e. The Kier molecular flexibility index (Phi) is 8.24. The van der Waals surface area contributed by atoms with Crippen molar-refractivity contribution >= 4 is 31.5 Å². The molecule has 0 aliphatic heterocycles. The van der Waals surface area contributed by atoms with Crippen molar-refractivity contribution in [3.8, 4) is 79.2 Å². The summed E-state index contributed by atoms with van der Waals surface area (Å²) in [4.78, 5) is 29.1. The predicted octanol–water partition coefficient (Wildman–Crippen LogP) is 12.1. The maximum atomic E-state index is 5.02. The van der Waals surface area contributed by atoms with Crippen molar-refractivity contribution in [3.05, 3.63) is 182 Å². The second-order valence-corrected chi connectivity index (χ2v) is 14.2. The molecule has 0 saturated heterocycles. The summed E-state index contributed by atoms with van der Waals surface area (Å²) in [5.74, 6) is 2.63. The van der Waals surface area contributed by atoms with Crippen molar-refractivity contribution in [1.82, 2.24) is 29.9 Å². The van der Waals surface area contributed by atoms with Gasteiger partial charge in [-0.15, -0.1) is 11.3 Å². The van der Waals surface area contributed by atoms with Crippen molar-refractivity contribution < 1.29 is 0 Å². The molecule has 258 valence electrons. The van der Waals surface area contributed by atoms with Crippen LogP contribution in [0.1, 0.15) is 0 Å². The number of aromatic nitrogens is 6. The first-order valence-electron chi connectivity index (χ1n) is 18.0. The Labute approximate surface area is 321 Å². The van der Waals surface area contributed by atoms with Crippen LogP contribution in [0.3, 0.4) is 0 Å². The molecular weight excluding hydrogens is 693 g/mol. The molecule has 10 rings (SSSR count). The van der Waals surface area contributed by atoms with Crippen LogP contribution in [0, 0.1) is 0 Å². The van der Waals surface area contributed by atoms with Crippen LogP contribution in [0.15, 0.2) is 182 Å².